The highest BCUT2D eigenvalue weighted by atomic mass is 35.5. The molecule has 1 saturated heterocycles. The topological polar surface area (TPSA) is 84.7 Å². The van der Waals surface area contributed by atoms with Gasteiger partial charge in [-0.1, -0.05) is 32.0 Å². The van der Waals surface area contributed by atoms with Crippen LogP contribution in [0.3, 0.4) is 0 Å². The Kier molecular flexibility index (Phi) is 8.19. The van der Waals surface area contributed by atoms with Crippen molar-refractivity contribution in [1.29, 1.82) is 0 Å². The number of amides is 2. The van der Waals surface area contributed by atoms with E-state index in [9.17, 15) is 9.59 Å². The summed E-state index contributed by atoms with van der Waals surface area (Å²) in [5, 5.41) is 2.65. The van der Waals surface area contributed by atoms with E-state index in [1.54, 1.807) is 7.11 Å². The first-order valence-corrected chi connectivity index (χ1v) is 8.41. The lowest BCUT2D eigenvalue weighted by atomic mass is 10.0. The number of para-hydroxylation sites is 1. The summed E-state index contributed by atoms with van der Waals surface area (Å²) in [6.45, 7) is 4.42. The standard InChI is InChI=1S/C18H27N3O3.ClH/c1-12(2)17(19)18(23)20-11-16(22)21-10-6-8-14(21)13-7-4-5-9-15(13)24-3;/h4-5,7,9,12,14,17H,6,8,10-11,19H2,1-3H3,(H,20,23);1H/t14?,17-;/m0./s1. The van der Waals surface area contributed by atoms with Crippen molar-refractivity contribution in [3.63, 3.8) is 0 Å². The molecule has 1 aromatic carbocycles. The molecule has 1 heterocycles. The summed E-state index contributed by atoms with van der Waals surface area (Å²) in [6.07, 6.45) is 1.83. The van der Waals surface area contributed by atoms with Crippen LogP contribution in [0.4, 0.5) is 0 Å². The van der Waals surface area contributed by atoms with Crippen LogP contribution in [0.1, 0.15) is 38.3 Å². The van der Waals surface area contributed by atoms with Crippen molar-refractivity contribution in [3.05, 3.63) is 29.8 Å². The first-order chi connectivity index (χ1) is 11.5. The zero-order valence-corrected chi connectivity index (χ0v) is 15.8. The Balaban J connectivity index is 0.00000312. The van der Waals surface area contributed by atoms with E-state index in [-0.39, 0.29) is 42.7 Å². The van der Waals surface area contributed by atoms with Crippen LogP contribution in [0, 0.1) is 5.92 Å². The summed E-state index contributed by atoms with van der Waals surface area (Å²) in [6, 6.07) is 7.15. The largest absolute Gasteiger partial charge is 0.496 e. The van der Waals surface area contributed by atoms with Gasteiger partial charge in [-0.05, 0) is 24.8 Å². The average molecular weight is 370 g/mol. The molecular formula is C18H28ClN3O3. The van der Waals surface area contributed by atoms with Crippen LogP contribution >= 0.6 is 12.4 Å². The maximum atomic E-state index is 12.6. The predicted molar refractivity (Wildman–Crippen MR) is 99.8 cm³/mol. The minimum absolute atomic E-state index is 0. The predicted octanol–water partition coefficient (Wildman–Crippen LogP) is 1.88. The second-order valence-corrected chi connectivity index (χ2v) is 6.47. The highest BCUT2D eigenvalue weighted by Gasteiger charge is 2.31. The molecule has 2 amide bonds. The van der Waals surface area contributed by atoms with Gasteiger partial charge in [0, 0.05) is 12.1 Å². The van der Waals surface area contributed by atoms with Crippen molar-refractivity contribution in [1.82, 2.24) is 10.2 Å². The van der Waals surface area contributed by atoms with Gasteiger partial charge in [0.1, 0.15) is 5.75 Å². The zero-order chi connectivity index (χ0) is 17.7. The smallest absolute Gasteiger partial charge is 0.242 e. The lowest BCUT2D eigenvalue weighted by Gasteiger charge is -2.27. The van der Waals surface area contributed by atoms with E-state index in [0.717, 1.165) is 24.2 Å². The molecule has 0 spiro atoms. The molecule has 1 aromatic rings. The van der Waals surface area contributed by atoms with E-state index in [1.165, 1.54) is 0 Å². The first-order valence-electron chi connectivity index (χ1n) is 8.41. The van der Waals surface area contributed by atoms with Gasteiger partial charge in [0.25, 0.3) is 0 Å². The molecule has 0 saturated carbocycles. The molecule has 6 nitrogen and oxygen atoms in total. The maximum absolute atomic E-state index is 12.6. The summed E-state index contributed by atoms with van der Waals surface area (Å²) in [4.78, 5) is 26.3. The fraction of sp³-hybridized carbons (Fsp3) is 0.556. The highest BCUT2D eigenvalue weighted by Crippen LogP contribution is 2.36. The van der Waals surface area contributed by atoms with Crippen molar-refractivity contribution >= 4 is 24.2 Å². The van der Waals surface area contributed by atoms with Gasteiger partial charge in [0.2, 0.25) is 11.8 Å². The maximum Gasteiger partial charge on any atom is 0.242 e. The van der Waals surface area contributed by atoms with Crippen LogP contribution in [0.5, 0.6) is 5.75 Å². The lowest BCUT2D eigenvalue weighted by molar-refractivity contribution is -0.134. The molecule has 3 N–H and O–H groups in total. The van der Waals surface area contributed by atoms with E-state index in [2.05, 4.69) is 5.32 Å². The van der Waals surface area contributed by atoms with Crippen molar-refractivity contribution in [2.24, 2.45) is 11.7 Å². The molecule has 0 aliphatic carbocycles. The number of carbonyl (C=O) groups is 2. The van der Waals surface area contributed by atoms with Gasteiger partial charge in [-0.3, -0.25) is 9.59 Å². The van der Waals surface area contributed by atoms with Crippen LogP contribution in [0.2, 0.25) is 0 Å². The Morgan fingerprint density at radius 1 is 1.36 bits per heavy atom. The van der Waals surface area contributed by atoms with E-state index < -0.39 is 6.04 Å². The summed E-state index contributed by atoms with van der Waals surface area (Å²) in [5.41, 5.74) is 6.81. The average Bonchev–Trinajstić information content (AvgIpc) is 3.08. The molecule has 1 aliphatic rings. The molecule has 0 radical (unpaired) electrons. The summed E-state index contributed by atoms with van der Waals surface area (Å²) in [5.74, 6) is 0.445. The van der Waals surface area contributed by atoms with Crippen LogP contribution in [0.15, 0.2) is 24.3 Å². The number of methoxy groups -OCH3 is 1. The Labute approximate surface area is 155 Å². The number of benzene rings is 1. The molecule has 1 fully saturated rings. The van der Waals surface area contributed by atoms with Gasteiger partial charge in [-0.15, -0.1) is 12.4 Å². The quantitative estimate of drug-likeness (QED) is 0.801. The number of hydrogen-bond acceptors (Lipinski definition) is 4. The molecule has 25 heavy (non-hydrogen) atoms. The molecule has 0 bridgehead atoms. The molecular weight excluding hydrogens is 342 g/mol. The third kappa shape index (κ3) is 5.09. The van der Waals surface area contributed by atoms with Crippen molar-refractivity contribution in [2.75, 3.05) is 20.2 Å². The van der Waals surface area contributed by atoms with E-state index >= 15 is 0 Å². The third-order valence-corrected chi connectivity index (χ3v) is 4.51. The number of hydrogen-bond donors (Lipinski definition) is 2. The minimum Gasteiger partial charge on any atom is -0.496 e. The van der Waals surface area contributed by atoms with Crippen molar-refractivity contribution in [3.8, 4) is 5.75 Å². The Hall–Kier alpha value is -1.79. The van der Waals surface area contributed by atoms with Gasteiger partial charge in [0.05, 0.1) is 25.7 Å². The van der Waals surface area contributed by atoms with E-state index in [1.807, 2.05) is 43.0 Å². The van der Waals surface area contributed by atoms with Crippen LogP contribution in [-0.4, -0.2) is 43.0 Å². The molecule has 1 aliphatic heterocycles. The highest BCUT2D eigenvalue weighted by molar-refractivity contribution is 5.87. The summed E-state index contributed by atoms with van der Waals surface area (Å²) >= 11 is 0. The van der Waals surface area contributed by atoms with Crippen LogP contribution < -0.4 is 15.8 Å². The monoisotopic (exact) mass is 369 g/mol. The molecule has 140 valence electrons. The third-order valence-electron chi connectivity index (χ3n) is 4.51. The number of nitrogens with one attached hydrogen (secondary N) is 1. The van der Waals surface area contributed by atoms with E-state index in [0.29, 0.717) is 6.54 Å². The number of halogens is 1. The Bertz CT molecular complexity index is 595. The summed E-state index contributed by atoms with van der Waals surface area (Å²) in [7, 11) is 1.63. The number of ether oxygens (including phenoxy) is 1. The number of likely N-dealkylation sites (tertiary alicyclic amines) is 1. The molecule has 7 heteroatoms. The van der Waals surface area contributed by atoms with Crippen LogP contribution in [-0.2, 0) is 9.59 Å². The van der Waals surface area contributed by atoms with Gasteiger partial charge < -0.3 is 20.7 Å². The Morgan fingerprint density at radius 2 is 2.04 bits per heavy atom. The first kappa shape index (κ1) is 21.3. The van der Waals surface area contributed by atoms with Crippen LogP contribution in [0.25, 0.3) is 0 Å². The summed E-state index contributed by atoms with van der Waals surface area (Å²) < 4.78 is 5.42. The second kappa shape index (κ2) is 9.63. The minimum atomic E-state index is -0.596. The number of nitrogens with zero attached hydrogens (tertiary/aromatic N) is 1. The molecule has 1 unspecified atom stereocenters. The zero-order valence-electron chi connectivity index (χ0n) is 15.0. The Morgan fingerprint density at radius 3 is 2.68 bits per heavy atom. The van der Waals surface area contributed by atoms with Crippen molar-refractivity contribution < 1.29 is 14.3 Å². The molecule has 2 rings (SSSR count). The number of nitrogens with two attached hydrogens (primary N) is 1. The molecule has 2 atom stereocenters. The fourth-order valence-corrected chi connectivity index (χ4v) is 3.02. The number of rotatable bonds is 6. The normalized spacial score (nSPS) is 17.8. The van der Waals surface area contributed by atoms with Gasteiger partial charge >= 0.3 is 0 Å². The van der Waals surface area contributed by atoms with Gasteiger partial charge in [-0.2, -0.15) is 0 Å². The SMILES string of the molecule is COc1ccccc1C1CCCN1C(=O)CNC(=O)[C@@H](N)C(C)C.Cl. The second-order valence-electron chi connectivity index (χ2n) is 6.47. The lowest BCUT2D eigenvalue weighted by Crippen LogP contribution is -2.47. The van der Waals surface area contributed by atoms with E-state index in [4.69, 9.17) is 10.5 Å². The van der Waals surface area contributed by atoms with Crippen molar-refractivity contribution in [2.45, 2.75) is 38.8 Å². The van der Waals surface area contributed by atoms with Gasteiger partial charge in [0.15, 0.2) is 0 Å². The molecule has 0 aromatic heterocycles. The fourth-order valence-electron chi connectivity index (χ4n) is 3.02. The number of carbonyl (C=O) groups excluding carboxylic acids is 2. The van der Waals surface area contributed by atoms with Gasteiger partial charge in [-0.25, -0.2) is 0 Å².